The van der Waals surface area contributed by atoms with Gasteiger partial charge in [0.1, 0.15) is 0 Å². The number of nitrogens with zero attached hydrogens (tertiary/aromatic N) is 1. The first kappa shape index (κ1) is 10.5. The Hall–Kier alpha value is -1.70. The average Bonchev–Trinajstić information content (AvgIpc) is 2.68. The molecule has 0 saturated carbocycles. The zero-order valence-electron chi connectivity index (χ0n) is 10.2. The van der Waals surface area contributed by atoms with E-state index < -0.39 is 0 Å². The lowest BCUT2D eigenvalue weighted by atomic mass is 9.95. The van der Waals surface area contributed by atoms with E-state index in [0.717, 1.165) is 11.4 Å². The summed E-state index contributed by atoms with van der Waals surface area (Å²) in [4.78, 5) is 0. The van der Waals surface area contributed by atoms with Crippen molar-refractivity contribution in [1.82, 2.24) is 4.57 Å². The molecule has 2 heteroatoms. The van der Waals surface area contributed by atoms with Gasteiger partial charge in [-0.05, 0) is 55.9 Å². The predicted octanol–water partition coefficient (Wildman–Crippen LogP) is 3.25. The largest absolute Gasteiger partial charge is 0.397 e. The van der Waals surface area contributed by atoms with Crippen molar-refractivity contribution in [3.8, 4) is 5.69 Å². The molecule has 0 saturated heterocycles. The molecule has 0 amide bonds. The third-order valence-electron chi connectivity index (χ3n) is 3.72. The van der Waals surface area contributed by atoms with Crippen LogP contribution in [0.15, 0.2) is 30.5 Å². The second-order valence-electron chi connectivity index (χ2n) is 4.87. The standard InChI is InChI=1S/C15H18N2/c1-11-10-17(14-8-4-2-6-12(11)14)15-9-5-3-7-13(15)16/h3,5,7,9-10H,2,4,6,8,16H2,1H3. The number of hydrogen-bond acceptors (Lipinski definition) is 1. The van der Waals surface area contributed by atoms with Gasteiger partial charge in [-0.2, -0.15) is 0 Å². The van der Waals surface area contributed by atoms with Gasteiger partial charge in [-0.1, -0.05) is 12.1 Å². The van der Waals surface area contributed by atoms with Crippen molar-refractivity contribution in [3.63, 3.8) is 0 Å². The fraction of sp³-hybridized carbons (Fsp3) is 0.333. The lowest BCUT2D eigenvalue weighted by Crippen LogP contribution is -2.08. The van der Waals surface area contributed by atoms with Crippen LogP contribution in [0.1, 0.15) is 29.7 Å². The molecule has 0 aliphatic heterocycles. The molecule has 88 valence electrons. The lowest BCUT2D eigenvalue weighted by Gasteiger charge is -2.17. The van der Waals surface area contributed by atoms with Gasteiger partial charge in [-0.15, -0.1) is 0 Å². The third kappa shape index (κ3) is 1.64. The van der Waals surface area contributed by atoms with Gasteiger partial charge in [0, 0.05) is 11.9 Å². The highest BCUT2D eigenvalue weighted by Crippen LogP contribution is 2.30. The van der Waals surface area contributed by atoms with Gasteiger partial charge in [0.2, 0.25) is 0 Å². The number of benzene rings is 1. The van der Waals surface area contributed by atoms with Crippen molar-refractivity contribution in [3.05, 3.63) is 47.3 Å². The van der Waals surface area contributed by atoms with Crippen molar-refractivity contribution < 1.29 is 0 Å². The number of fused-ring (bicyclic) bond motifs is 1. The van der Waals surface area contributed by atoms with E-state index in [2.05, 4.69) is 29.8 Å². The van der Waals surface area contributed by atoms with E-state index in [1.165, 1.54) is 36.9 Å². The highest BCUT2D eigenvalue weighted by Gasteiger charge is 2.18. The van der Waals surface area contributed by atoms with E-state index in [-0.39, 0.29) is 0 Å². The van der Waals surface area contributed by atoms with Crippen LogP contribution >= 0.6 is 0 Å². The Kier molecular flexibility index (Phi) is 2.43. The summed E-state index contributed by atoms with van der Waals surface area (Å²) >= 11 is 0. The molecule has 2 N–H and O–H groups in total. The van der Waals surface area contributed by atoms with Gasteiger partial charge in [0.15, 0.2) is 0 Å². The monoisotopic (exact) mass is 226 g/mol. The Morgan fingerprint density at radius 3 is 2.71 bits per heavy atom. The summed E-state index contributed by atoms with van der Waals surface area (Å²) in [6.07, 6.45) is 7.26. The van der Waals surface area contributed by atoms with E-state index in [1.807, 2.05) is 12.1 Å². The Bertz CT molecular complexity index is 552. The SMILES string of the molecule is Cc1cn(-c2ccccc2N)c2c1CCCC2. The highest BCUT2D eigenvalue weighted by atomic mass is 15.0. The highest BCUT2D eigenvalue weighted by molar-refractivity contribution is 5.59. The van der Waals surface area contributed by atoms with Crippen LogP contribution in [-0.2, 0) is 12.8 Å². The molecule has 1 heterocycles. The molecule has 1 aliphatic rings. The van der Waals surface area contributed by atoms with Crippen molar-refractivity contribution in [2.45, 2.75) is 32.6 Å². The Labute approximate surface area is 102 Å². The summed E-state index contributed by atoms with van der Waals surface area (Å²) in [6.45, 7) is 2.21. The topological polar surface area (TPSA) is 30.9 Å². The van der Waals surface area contributed by atoms with Crippen LogP contribution in [0.3, 0.4) is 0 Å². The first-order valence-electron chi connectivity index (χ1n) is 6.32. The molecule has 2 aromatic rings. The van der Waals surface area contributed by atoms with E-state index in [0.29, 0.717) is 0 Å². The van der Waals surface area contributed by atoms with E-state index in [4.69, 9.17) is 5.73 Å². The van der Waals surface area contributed by atoms with Crippen molar-refractivity contribution in [2.24, 2.45) is 0 Å². The van der Waals surface area contributed by atoms with Gasteiger partial charge < -0.3 is 10.3 Å². The van der Waals surface area contributed by atoms with Crippen LogP contribution in [0.5, 0.6) is 0 Å². The number of nitrogens with two attached hydrogens (primary N) is 1. The van der Waals surface area contributed by atoms with Crippen molar-refractivity contribution >= 4 is 5.69 Å². The third-order valence-corrected chi connectivity index (χ3v) is 3.72. The number of anilines is 1. The normalized spacial score (nSPS) is 14.6. The summed E-state index contributed by atoms with van der Waals surface area (Å²) in [7, 11) is 0. The second kappa shape index (κ2) is 3.95. The molecular formula is C15H18N2. The van der Waals surface area contributed by atoms with E-state index >= 15 is 0 Å². The number of para-hydroxylation sites is 2. The molecule has 0 unspecified atom stereocenters. The van der Waals surface area contributed by atoms with Gasteiger partial charge in [0.05, 0.1) is 11.4 Å². The summed E-state index contributed by atoms with van der Waals surface area (Å²) in [5.74, 6) is 0. The number of nitrogen functional groups attached to an aromatic ring is 1. The van der Waals surface area contributed by atoms with Gasteiger partial charge >= 0.3 is 0 Å². The van der Waals surface area contributed by atoms with Gasteiger partial charge in [-0.3, -0.25) is 0 Å². The molecule has 1 aromatic carbocycles. The fourth-order valence-corrected chi connectivity index (χ4v) is 2.85. The molecule has 0 radical (unpaired) electrons. The summed E-state index contributed by atoms with van der Waals surface area (Å²) in [5.41, 5.74) is 12.5. The van der Waals surface area contributed by atoms with E-state index in [9.17, 15) is 0 Å². The first-order valence-corrected chi connectivity index (χ1v) is 6.32. The average molecular weight is 226 g/mol. The van der Waals surface area contributed by atoms with Crippen LogP contribution < -0.4 is 5.73 Å². The Morgan fingerprint density at radius 1 is 1.12 bits per heavy atom. The lowest BCUT2D eigenvalue weighted by molar-refractivity contribution is 0.662. The number of hydrogen-bond donors (Lipinski definition) is 1. The molecule has 0 bridgehead atoms. The van der Waals surface area contributed by atoms with Crippen molar-refractivity contribution in [2.75, 3.05) is 5.73 Å². The molecule has 17 heavy (non-hydrogen) atoms. The van der Waals surface area contributed by atoms with Crippen LogP contribution in [0.2, 0.25) is 0 Å². The Balaban J connectivity index is 2.19. The Morgan fingerprint density at radius 2 is 1.88 bits per heavy atom. The molecule has 1 aromatic heterocycles. The fourth-order valence-electron chi connectivity index (χ4n) is 2.85. The van der Waals surface area contributed by atoms with Crippen LogP contribution in [0.4, 0.5) is 5.69 Å². The summed E-state index contributed by atoms with van der Waals surface area (Å²) < 4.78 is 2.29. The van der Waals surface area contributed by atoms with Crippen molar-refractivity contribution in [1.29, 1.82) is 0 Å². The maximum Gasteiger partial charge on any atom is 0.0683 e. The van der Waals surface area contributed by atoms with Crippen LogP contribution in [0, 0.1) is 6.92 Å². The summed E-state index contributed by atoms with van der Waals surface area (Å²) in [5, 5.41) is 0. The quantitative estimate of drug-likeness (QED) is 0.743. The van der Waals surface area contributed by atoms with E-state index in [1.54, 1.807) is 5.56 Å². The minimum atomic E-state index is 0.857. The molecular weight excluding hydrogens is 208 g/mol. The number of aromatic nitrogens is 1. The maximum atomic E-state index is 6.07. The smallest absolute Gasteiger partial charge is 0.0683 e. The first-order chi connectivity index (χ1) is 8.27. The number of rotatable bonds is 1. The second-order valence-corrected chi connectivity index (χ2v) is 4.87. The molecule has 3 rings (SSSR count). The minimum absolute atomic E-state index is 0.857. The molecule has 0 fully saturated rings. The predicted molar refractivity (Wildman–Crippen MR) is 71.6 cm³/mol. The van der Waals surface area contributed by atoms with Crippen LogP contribution in [-0.4, -0.2) is 4.57 Å². The molecule has 0 atom stereocenters. The summed E-state index contributed by atoms with van der Waals surface area (Å²) in [6, 6.07) is 8.11. The maximum absolute atomic E-state index is 6.07. The molecule has 2 nitrogen and oxygen atoms in total. The molecule has 0 spiro atoms. The van der Waals surface area contributed by atoms with Crippen LogP contribution in [0.25, 0.3) is 5.69 Å². The zero-order valence-corrected chi connectivity index (χ0v) is 10.2. The number of aryl methyl sites for hydroxylation is 1. The van der Waals surface area contributed by atoms with Gasteiger partial charge in [0.25, 0.3) is 0 Å². The zero-order chi connectivity index (χ0) is 11.8. The molecule has 1 aliphatic carbocycles. The minimum Gasteiger partial charge on any atom is -0.397 e. The van der Waals surface area contributed by atoms with Gasteiger partial charge in [-0.25, -0.2) is 0 Å².